The number of hydrogen-bond acceptors (Lipinski definition) is 13. The average molecular weight is 450 g/mol. The van der Waals surface area contributed by atoms with Gasteiger partial charge < -0.3 is 27.8 Å². The highest BCUT2D eigenvalue weighted by atomic mass is 28.4. The van der Waals surface area contributed by atoms with E-state index in [0.29, 0.717) is 0 Å². The fraction of sp³-hybridized carbons (Fsp3) is 0.625. The molecule has 1 heterocycles. The van der Waals surface area contributed by atoms with E-state index in [4.69, 9.17) is 32.2 Å². The highest BCUT2D eigenvalue weighted by Crippen LogP contribution is 2.47. The van der Waals surface area contributed by atoms with Gasteiger partial charge in [0, 0.05) is 54.0 Å². The van der Waals surface area contributed by atoms with Gasteiger partial charge in [-0.3, -0.25) is 33.2 Å². The SMILES string of the molecule is CC(=O)OC1(OC(C)=O)CC[Si](OC(C)=O)(OC(C)=O)OC1(OC(C)=O)OC(C)=O. The van der Waals surface area contributed by atoms with Crippen LogP contribution in [0, 0.1) is 0 Å². The van der Waals surface area contributed by atoms with E-state index in [-0.39, 0.29) is 0 Å². The summed E-state index contributed by atoms with van der Waals surface area (Å²) < 4.78 is 35.9. The minimum atomic E-state index is -4.40. The monoisotopic (exact) mass is 450 g/mol. The zero-order valence-corrected chi connectivity index (χ0v) is 18.2. The number of hydrogen-bond donors (Lipinski definition) is 0. The van der Waals surface area contributed by atoms with Crippen molar-refractivity contribution in [3.05, 3.63) is 0 Å². The molecule has 1 aliphatic rings. The lowest BCUT2D eigenvalue weighted by Crippen LogP contribution is -2.73. The van der Waals surface area contributed by atoms with E-state index >= 15 is 0 Å². The van der Waals surface area contributed by atoms with Crippen molar-refractivity contribution in [2.45, 2.75) is 65.8 Å². The molecule has 0 saturated carbocycles. The lowest BCUT2D eigenvalue weighted by molar-refractivity contribution is -0.445. The Morgan fingerprint density at radius 3 is 1.30 bits per heavy atom. The van der Waals surface area contributed by atoms with Crippen molar-refractivity contribution in [2.75, 3.05) is 0 Å². The summed E-state index contributed by atoms with van der Waals surface area (Å²) in [6.07, 6.45) is -0.584. The molecule has 1 rings (SSSR count). The predicted molar refractivity (Wildman–Crippen MR) is 92.3 cm³/mol. The number of rotatable bonds is 6. The van der Waals surface area contributed by atoms with Crippen LogP contribution in [0.2, 0.25) is 6.04 Å². The molecular formula is C16H22O13Si. The van der Waals surface area contributed by atoms with Crippen molar-refractivity contribution in [1.82, 2.24) is 0 Å². The second-order valence-corrected chi connectivity index (χ2v) is 8.63. The second-order valence-electron chi connectivity index (χ2n) is 6.16. The molecule has 0 amide bonds. The van der Waals surface area contributed by atoms with Gasteiger partial charge in [0.05, 0.1) is 0 Å². The molecule has 0 aliphatic carbocycles. The lowest BCUT2D eigenvalue weighted by atomic mass is 10.1. The molecule has 1 aliphatic heterocycles. The Bertz CT molecular complexity index is 710. The van der Waals surface area contributed by atoms with Crippen molar-refractivity contribution in [3.63, 3.8) is 0 Å². The van der Waals surface area contributed by atoms with E-state index < -0.39 is 68.8 Å². The zero-order chi connectivity index (χ0) is 23.3. The molecule has 0 bridgehead atoms. The predicted octanol–water partition coefficient (Wildman–Crippen LogP) is 0.0743. The summed E-state index contributed by atoms with van der Waals surface area (Å²) in [5.41, 5.74) is 0. The van der Waals surface area contributed by atoms with Gasteiger partial charge in [-0.05, 0) is 0 Å². The Labute approximate surface area is 172 Å². The third kappa shape index (κ3) is 6.00. The molecule has 0 radical (unpaired) electrons. The van der Waals surface area contributed by atoms with Gasteiger partial charge in [-0.1, -0.05) is 0 Å². The Kier molecular flexibility index (Phi) is 7.69. The molecule has 0 N–H and O–H groups in total. The van der Waals surface area contributed by atoms with Crippen LogP contribution in [0.1, 0.15) is 48.0 Å². The maximum absolute atomic E-state index is 11.8. The third-order valence-electron chi connectivity index (χ3n) is 3.29. The van der Waals surface area contributed by atoms with Crippen LogP contribution in [0.4, 0.5) is 0 Å². The smallest absolute Gasteiger partial charge is 0.464 e. The Morgan fingerprint density at radius 2 is 1.00 bits per heavy atom. The van der Waals surface area contributed by atoms with Gasteiger partial charge in [0.2, 0.25) is 0 Å². The Hall–Kier alpha value is -3.00. The summed E-state index contributed by atoms with van der Waals surface area (Å²) in [6.45, 7) is 5.62. The van der Waals surface area contributed by atoms with Crippen molar-refractivity contribution in [3.8, 4) is 0 Å². The first-order valence-electron chi connectivity index (χ1n) is 8.54. The van der Waals surface area contributed by atoms with Crippen molar-refractivity contribution < 1.29 is 61.0 Å². The number of carbonyl (C=O) groups is 6. The fourth-order valence-corrected chi connectivity index (χ4v) is 5.31. The van der Waals surface area contributed by atoms with Crippen molar-refractivity contribution >= 4 is 44.6 Å². The van der Waals surface area contributed by atoms with E-state index in [9.17, 15) is 28.8 Å². The Balaban J connectivity index is 3.76. The highest BCUT2D eigenvalue weighted by molar-refractivity contribution is 6.64. The number of ether oxygens (including phenoxy) is 4. The van der Waals surface area contributed by atoms with Crippen LogP contribution in [0.3, 0.4) is 0 Å². The minimum Gasteiger partial charge on any atom is -0.464 e. The van der Waals surface area contributed by atoms with Crippen LogP contribution in [-0.2, 0) is 61.0 Å². The normalized spacial score (nSPS) is 18.2. The molecule has 14 heteroatoms. The summed E-state index contributed by atoms with van der Waals surface area (Å²) >= 11 is 0. The fourth-order valence-electron chi connectivity index (χ4n) is 2.72. The van der Waals surface area contributed by atoms with Gasteiger partial charge in [0.1, 0.15) is 0 Å². The first-order chi connectivity index (χ1) is 13.7. The van der Waals surface area contributed by atoms with Gasteiger partial charge in [-0.2, -0.15) is 0 Å². The Morgan fingerprint density at radius 1 is 0.633 bits per heavy atom. The van der Waals surface area contributed by atoms with E-state index in [1.807, 2.05) is 0 Å². The molecule has 0 aromatic rings. The van der Waals surface area contributed by atoms with Crippen LogP contribution in [0.15, 0.2) is 0 Å². The summed E-state index contributed by atoms with van der Waals surface area (Å²) in [6, 6.07) is -0.434. The van der Waals surface area contributed by atoms with Crippen LogP contribution in [0.5, 0.6) is 0 Å². The molecule has 0 aromatic heterocycles. The summed E-state index contributed by atoms with van der Waals surface area (Å²) in [7, 11) is -4.40. The molecular weight excluding hydrogens is 428 g/mol. The molecule has 1 saturated heterocycles. The second kappa shape index (κ2) is 9.21. The van der Waals surface area contributed by atoms with Gasteiger partial charge in [-0.25, -0.2) is 0 Å². The van der Waals surface area contributed by atoms with E-state index in [1.54, 1.807) is 0 Å². The molecule has 1 fully saturated rings. The quantitative estimate of drug-likeness (QED) is 0.303. The summed E-state index contributed by atoms with van der Waals surface area (Å²) in [4.78, 5) is 70.5. The first-order valence-corrected chi connectivity index (χ1v) is 10.5. The molecule has 0 unspecified atom stereocenters. The molecule has 0 aromatic carbocycles. The van der Waals surface area contributed by atoms with E-state index in [2.05, 4.69) is 0 Å². The van der Waals surface area contributed by atoms with E-state index in [0.717, 1.165) is 41.5 Å². The van der Waals surface area contributed by atoms with Gasteiger partial charge in [0.15, 0.2) is 0 Å². The number of carbonyl (C=O) groups excluding carboxylic acids is 6. The van der Waals surface area contributed by atoms with Crippen LogP contribution < -0.4 is 0 Å². The lowest BCUT2D eigenvalue weighted by Gasteiger charge is -2.49. The zero-order valence-electron chi connectivity index (χ0n) is 17.2. The molecule has 0 atom stereocenters. The maximum atomic E-state index is 11.8. The van der Waals surface area contributed by atoms with Gasteiger partial charge in [-0.15, -0.1) is 0 Å². The summed E-state index contributed by atoms with van der Waals surface area (Å²) in [5.74, 6) is -11.9. The van der Waals surface area contributed by atoms with Crippen molar-refractivity contribution in [1.29, 1.82) is 0 Å². The van der Waals surface area contributed by atoms with Crippen molar-refractivity contribution in [2.24, 2.45) is 0 Å². The maximum Gasteiger partial charge on any atom is 0.642 e. The van der Waals surface area contributed by atoms with E-state index in [1.165, 1.54) is 0 Å². The largest absolute Gasteiger partial charge is 0.642 e. The minimum absolute atomic E-state index is 0.434. The van der Waals surface area contributed by atoms with Crippen LogP contribution in [0.25, 0.3) is 0 Å². The van der Waals surface area contributed by atoms with Crippen LogP contribution in [-0.4, -0.2) is 56.4 Å². The molecule has 0 spiro atoms. The van der Waals surface area contributed by atoms with Crippen LogP contribution >= 0.6 is 0 Å². The molecule has 30 heavy (non-hydrogen) atoms. The first kappa shape index (κ1) is 25.0. The number of esters is 4. The molecule has 13 nitrogen and oxygen atoms in total. The topological polar surface area (TPSA) is 167 Å². The highest BCUT2D eigenvalue weighted by Gasteiger charge is 2.76. The van der Waals surface area contributed by atoms with Gasteiger partial charge in [0.25, 0.3) is 11.9 Å². The standard InChI is InChI=1S/C16H22O13Si/c1-9(17)23-15(24-10(2)18)7-8-30(27-13(5)21,28-14(6)22)29-16(15,25-11(3)19)26-12(4)20/h7-8H2,1-6H3. The third-order valence-corrected chi connectivity index (χ3v) is 5.93. The average Bonchev–Trinajstić information content (AvgIpc) is 2.47. The molecule has 168 valence electrons. The summed E-state index contributed by atoms with van der Waals surface area (Å²) in [5, 5.41) is 0. The van der Waals surface area contributed by atoms with Gasteiger partial charge >= 0.3 is 44.4 Å².